The van der Waals surface area contributed by atoms with Crippen molar-refractivity contribution < 1.29 is 18.4 Å². The standard InChI is InChI=1S/C8H12O4Si/c1-5-13(6-2,11-7(3)9)12-8(4)10/h1H,6H2,2-4H3. The van der Waals surface area contributed by atoms with Crippen molar-refractivity contribution in [2.75, 3.05) is 0 Å². The summed E-state index contributed by atoms with van der Waals surface area (Å²) in [5.41, 5.74) is 2.28. The van der Waals surface area contributed by atoms with Crippen molar-refractivity contribution in [1.82, 2.24) is 0 Å². The Labute approximate surface area is 78.5 Å². The lowest BCUT2D eigenvalue weighted by molar-refractivity contribution is -0.138. The van der Waals surface area contributed by atoms with Crippen LogP contribution in [-0.4, -0.2) is 20.5 Å². The molecule has 0 aliphatic heterocycles. The first-order chi connectivity index (χ1) is 5.95. The van der Waals surface area contributed by atoms with Crippen LogP contribution in [0.4, 0.5) is 0 Å². The Bertz CT molecular complexity index is 237. The highest BCUT2D eigenvalue weighted by molar-refractivity contribution is 6.78. The van der Waals surface area contributed by atoms with Gasteiger partial charge in [0.1, 0.15) is 0 Å². The fraction of sp³-hybridized carbons (Fsp3) is 0.500. The summed E-state index contributed by atoms with van der Waals surface area (Å²) in [6, 6.07) is 0.364. The summed E-state index contributed by atoms with van der Waals surface area (Å²) in [5.74, 6) is -1.04. The van der Waals surface area contributed by atoms with Crippen molar-refractivity contribution >= 4 is 20.5 Å². The summed E-state index contributed by atoms with van der Waals surface area (Å²) in [6.07, 6.45) is 5.17. The molecule has 0 amide bonds. The Kier molecular flexibility index (Phi) is 4.21. The van der Waals surface area contributed by atoms with Gasteiger partial charge < -0.3 is 8.85 Å². The third-order valence-corrected chi connectivity index (χ3v) is 3.91. The number of carbonyl (C=O) groups excluding carboxylic acids is 2. The van der Waals surface area contributed by atoms with Gasteiger partial charge in [-0.3, -0.25) is 9.59 Å². The van der Waals surface area contributed by atoms with E-state index >= 15 is 0 Å². The second-order valence-corrected chi connectivity index (χ2v) is 5.35. The number of rotatable bonds is 3. The van der Waals surface area contributed by atoms with E-state index in [1.165, 1.54) is 13.8 Å². The van der Waals surface area contributed by atoms with E-state index in [-0.39, 0.29) is 0 Å². The summed E-state index contributed by atoms with van der Waals surface area (Å²) in [7, 11) is -3.04. The quantitative estimate of drug-likeness (QED) is 0.498. The van der Waals surface area contributed by atoms with Crippen LogP contribution in [0.2, 0.25) is 6.04 Å². The molecule has 0 saturated heterocycles. The average Bonchev–Trinajstić information content (AvgIpc) is 2.01. The van der Waals surface area contributed by atoms with Crippen molar-refractivity contribution in [1.29, 1.82) is 0 Å². The molecular weight excluding hydrogens is 188 g/mol. The van der Waals surface area contributed by atoms with Gasteiger partial charge in [-0.1, -0.05) is 6.92 Å². The fourth-order valence-electron chi connectivity index (χ4n) is 0.791. The van der Waals surface area contributed by atoms with Crippen molar-refractivity contribution in [3.8, 4) is 12.0 Å². The molecule has 0 heterocycles. The van der Waals surface area contributed by atoms with Gasteiger partial charge >= 0.3 is 8.56 Å². The summed E-state index contributed by atoms with van der Waals surface area (Å²) >= 11 is 0. The molecule has 4 nitrogen and oxygen atoms in total. The Morgan fingerprint density at radius 1 is 1.31 bits per heavy atom. The van der Waals surface area contributed by atoms with Gasteiger partial charge in [0.05, 0.1) is 0 Å². The van der Waals surface area contributed by atoms with Crippen LogP contribution in [0.3, 0.4) is 0 Å². The molecule has 0 atom stereocenters. The van der Waals surface area contributed by atoms with E-state index in [4.69, 9.17) is 15.3 Å². The maximum Gasteiger partial charge on any atom is 0.551 e. The van der Waals surface area contributed by atoms with E-state index in [0.29, 0.717) is 6.04 Å². The first kappa shape index (κ1) is 11.7. The zero-order valence-corrected chi connectivity index (χ0v) is 8.92. The Balaban J connectivity index is 4.61. The maximum atomic E-state index is 10.7. The van der Waals surface area contributed by atoms with Gasteiger partial charge in [0, 0.05) is 19.9 Å². The predicted octanol–water partition coefficient (Wildman–Crippen LogP) is 0.747. The lowest BCUT2D eigenvalue weighted by Gasteiger charge is -2.21. The molecule has 0 spiro atoms. The van der Waals surface area contributed by atoms with E-state index in [1.54, 1.807) is 6.92 Å². The molecule has 0 radical (unpaired) electrons. The molecule has 0 rings (SSSR count). The lowest BCUT2D eigenvalue weighted by Crippen LogP contribution is -2.43. The molecule has 0 N–H and O–H groups in total. The lowest BCUT2D eigenvalue weighted by atomic mass is 10.9. The smallest absolute Gasteiger partial charge is 0.476 e. The van der Waals surface area contributed by atoms with Crippen LogP contribution in [0.5, 0.6) is 0 Å². The normalized spacial score (nSPS) is 10.0. The summed E-state index contributed by atoms with van der Waals surface area (Å²) in [4.78, 5) is 21.4. The van der Waals surface area contributed by atoms with Gasteiger partial charge in [-0.25, -0.2) is 0 Å². The minimum atomic E-state index is -3.04. The molecule has 0 unspecified atom stereocenters. The minimum absolute atomic E-state index is 0.364. The van der Waals surface area contributed by atoms with E-state index in [1.807, 2.05) is 0 Å². The monoisotopic (exact) mass is 200 g/mol. The SMILES string of the molecule is C#C[Si](CC)(OC(C)=O)OC(C)=O. The Hall–Kier alpha value is -1.28. The van der Waals surface area contributed by atoms with Crippen LogP contribution in [0.1, 0.15) is 20.8 Å². The van der Waals surface area contributed by atoms with Crippen LogP contribution in [0.25, 0.3) is 0 Å². The zero-order chi connectivity index (χ0) is 10.5. The molecule has 0 aliphatic carbocycles. The molecule has 0 bridgehead atoms. The molecule has 0 aliphatic rings. The maximum absolute atomic E-state index is 10.7. The molecule has 13 heavy (non-hydrogen) atoms. The topological polar surface area (TPSA) is 52.6 Å². The second-order valence-electron chi connectivity index (χ2n) is 2.44. The molecule has 0 aromatic carbocycles. The van der Waals surface area contributed by atoms with Gasteiger partial charge in [-0.05, 0) is 5.54 Å². The number of hydrogen-bond acceptors (Lipinski definition) is 4. The van der Waals surface area contributed by atoms with Gasteiger partial charge in [0.25, 0.3) is 11.9 Å². The zero-order valence-electron chi connectivity index (χ0n) is 7.92. The minimum Gasteiger partial charge on any atom is -0.476 e. The highest BCUT2D eigenvalue weighted by Crippen LogP contribution is 2.12. The highest BCUT2D eigenvalue weighted by atomic mass is 28.4. The van der Waals surface area contributed by atoms with E-state index in [0.717, 1.165) is 0 Å². The first-order valence-electron chi connectivity index (χ1n) is 3.82. The summed E-state index contributed by atoms with van der Waals surface area (Å²) < 4.78 is 9.74. The predicted molar refractivity (Wildman–Crippen MR) is 48.6 cm³/mol. The molecule has 5 heteroatoms. The van der Waals surface area contributed by atoms with Crippen LogP contribution in [0, 0.1) is 12.0 Å². The van der Waals surface area contributed by atoms with Crippen LogP contribution in [-0.2, 0) is 18.4 Å². The number of hydrogen-bond donors (Lipinski definition) is 0. The molecule has 0 aromatic heterocycles. The summed E-state index contributed by atoms with van der Waals surface area (Å²) in [6.45, 7) is 4.19. The third-order valence-electron chi connectivity index (χ3n) is 1.30. The molecule has 0 fully saturated rings. The second kappa shape index (κ2) is 4.67. The van der Waals surface area contributed by atoms with E-state index < -0.39 is 20.5 Å². The average molecular weight is 200 g/mol. The van der Waals surface area contributed by atoms with Crippen molar-refractivity contribution in [2.45, 2.75) is 26.8 Å². The molecule has 72 valence electrons. The number of carbonyl (C=O) groups is 2. The van der Waals surface area contributed by atoms with Crippen molar-refractivity contribution in [3.63, 3.8) is 0 Å². The van der Waals surface area contributed by atoms with Gasteiger partial charge in [0.2, 0.25) is 0 Å². The fourth-order valence-corrected chi connectivity index (χ4v) is 2.37. The third kappa shape index (κ3) is 3.76. The Morgan fingerprint density at radius 2 is 1.69 bits per heavy atom. The molecule has 0 aromatic rings. The van der Waals surface area contributed by atoms with E-state index in [2.05, 4.69) is 5.54 Å². The van der Waals surface area contributed by atoms with E-state index in [9.17, 15) is 9.59 Å². The highest BCUT2D eigenvalue weighted by Gasteiger charge is 2.40. The van der Waals surface area contributed by atoms with Crippen LogP contribution in [0.15, 0.2) is 0 Å². The molecular formula is C8H12O4Si. The largest absolute Gasteiger partial charge is 0.551 e. The van der Waals surface area contributed by atoms with Crippen LogP contribution >= 0.6 is 0 Å². The van der Waals surface area contributed by atoms with Gasteiger partial charge in [0.15, 0.2) is 0 Å². The summed E-state index contributed by atoms with van der Waals surface area (Å²) in [5, 5.41) is 0. The van der Waals surface area contributed by atoms with Gasteiger partial charge in [-0.2, -0.15) is 0 Å². The van der Waals surface area contributed by atoms with Crippen molar-refractivity contribution in [3.05, 3.63) is 0 Å². The van der Waals surface area contributed by atoms with Gasteiger partial charge in [-0.15, -0.1) is 6.42 Å². The van der Waals surface area contributed by atoms with Crippen LogP contribution < -0.4 is 0 Å². The molecule has 0 saturated carbocycles. The number of terminal acetylenes is 1. The van der Waals surface area contributed by atoms with Crippen molar-refractivity contribution in [2.24, 2.45) is 0 Å². The first-order valence-corrected chi connectivity index (χ1v) is 5.85. The Morgan fingerprint density at radius 3 is 1.85 bits per heavy atom.